The van der Waals surface area contributed by atoms with Crippen molar-refractivity contribution in [3.63, 3.8) is 0 Å². The lowest BCUT2D eigenvalue weighted by molar-refractivity contribution is 0.345. The second kappa shape index (κ2) is 9.62. The molecular formula is C19H18Br2ClN5O4S2. The van der Waals surface area contributed by atoms with Gasteiger partial charge in [0.25, 0.3) is 19.1 Å². The van der Waals surface area contributed by atoms with Crippen LogP contribution in [-0.4, -0.2) is 53.0 Å². The van der Waals surface area contributed by atoms with Crippen LogP contribution in [0.15, 0.2) is 68.1 Å². The van der Waals surface area contributed by atoms with E-state index in [1.54, 1.807) is 39.3 Å². The molecule has 1 aliphatic rings. The van der Waals surface area contributed by atoms with Crippen LogP contribution in [0.5, 0.6) is 0 Å². The van der Waals surface area contributed by atoms with Crippen LogP contribution in [0, 0.1) is 0 Å². The van der Waals surface area contributed by atoms with E-state index in [-0.39, 0.29) is 10.1 Å². The van der Waals surface area contributed by atoms with Gasteiger partial charge in [-0.1, -0.05) is 6.42 Å². The quantitative estimate of drug-likeness (QED) is 0.310. The van der Waals surface area contributed by atoms with E-state index < -0.39 is 19.1 Å². The van der Waals surface area contributed by atoms with Gasteiger partial charge in [-0.15, -0.1) is 0 Å². The highest BCUT2D eigenvalue weighted by molar-refractivity contribution is 9.10. The predicted octanol–water partition coefficient (Wildman–Crippen LogP) is 4.30. The average Bonchev–Trinajstić information content (AvgIpc) is 3.38. The Morgan fingerprint density at radius 1 is 0.758 bits per heavy atom. The number of sulfonamides is 1. The van der Waals surface area contributed by atoms with Crippen LogP contribution in [0.1, 0.15) is 19.3 Å². The zero-order valence-corrected chi connectivity index (χ0v) is 22.5. The third kappa shape index (κ3) is 5.28. The fraction of sp³-hybridized carbons (Fsp3) is 0.263. The Labute approximate surface area is 212 Å². The molecule has 0 radical (unpaired) electrons. The minimum absolute atomic E-state index is 0.0320. The second-order valence-electron chi connectivity index (χ2n) is 7.25. The molecule has 14 heteroatoms. The number of rotatable bonds is 3. The third-order valence-corrected chi connectivity index (χ3v) is 9.13. The zero-order chi connectivity index (χ0) is 23.8. The summed E-state index contributed by atoms with van der Waals surface area (Å²) in [6.45, 7) is 1.20. The molecule has 1 aliphatic heterocycles. The van der Waals surface area contributed by atoms with Gasteiger partial charge in [0.05, 0.1) is 12.4 Å². The first kappa shape index (κ1) is 24.6. The van der Waals surface area contributed by atoms with Gasteiger partial charge in [-0.25, -0.2) is 26.8 Å². The molecular weight excluding hydrogens is 622 g/mol. The first-order valence-electron chi connectivity index (χ1n) is 9.77. The van der Waals surface area contributed by atoms with Gasteiger partial charge in [-0.2, -0.15) is 4.31 Å². The van der Waals surface area contributed by atoms with Gasteiger partial charge in [0.15, 0.2) is 10.1 Å². The monoisotopic (exact) mass is 637 g/mol. The molecule has 5 rings (SSSR count). The topological polar surface area (TPSA) is 106 Å². The van der Waals surface area contributed by atoms with Crippen molar-refractivity contribution >= 4 is 72.9 Å². The first-order chi connectivity index (χ1) is 15.6. The fourth-order valence-corrected chi connectivity index (χ4v) is 6.63. The third-order valence-electron chi connectivity index (χ3n) is 5.04. The number of imidazole rings is 2. The van der Waals surface area contributed by atoms with Gasteiger partial charge in [0.1, 0.15) is 11.3 Å². The number of halogens is 3. The molecule has 0 saturated carbocycles. The molecule has 9 nitrogen and oxygen atoms in total. The lowest BCUT2D eigenvalue weighted by atomic mass is 10.2. The van der Waals surface area contributed by atoms with Crippen molar-refractivity contribution in [1.82, 2.24) is 23.1 Å². The van der Waals surface area contributed by atoms with Crippen molar-refractivity contribution < 1.29 is 16.8 Å². The maximum atomic E-state index is 12.6. The maximum Gasteiger partial charge on any atom is 0.278 e. The molecule has 0 aliphatic carbocycles. The summed E-state index contributed by atoms with van der Waals surface area (Å²) in [5.41, 5.74) is 1.17. The molecule has 1 saturated heterocycles. The summed E-state index contributed by atoms with van der Waals surface area (Å²) in [5, 5.41) is 0.209. The Morgan fingerprint density at radius 2 is 1.24 bits per heavy atom. The lowest BCUT2D eigenvalue weighted by Crippen LogP contribution is -2.36. The molecule has 4 aromatic rings. The average molecular weight is 640 g/mol. The van der Waals surface area contributed by atoms with Gasteiger partial charge in [-0.05, 0) is 69.0 Å². The van der Waals surface area contributed by atoms with Gasteiger partial charge >= 0.3 is 0 Å². The molecule has 5 heterocycles. The van der Waals surface area contributed by atoms with E-state index in [1.165, 1.54) is 16.8 Å². The SMILES string of the molecule is O=S(=O)(Cl)c1cnc2ccc(Br)cn12.O=S(=O)(c1cnc2ccc(Br)cn12)N1CCCCC1. The van der Waals surface area contributed by atoms with Crippen LogP contribution < -0.4 is 0 Å². The number of aromatic nitrogens is 4. The molecule has 33 heavy (non-hydrogen) atoms. The Kier molecular flexibility index (Phi) is 7.18. The van der Waals surface area contributed by atoms with Crippen molar-refractivity contribution in [2.75, 3.05) is 13.1 Å². The zero-order valence-electron chi connectivity index (χ0n) is 17.0. The van der Waals surface area contributed by atoms with E-state index in [4.69, 9.17) is 10.7 Å². The van der Waals surface area contributed by atoms with Crippen LogP contribution in [-0.2, 0) is 19.1 Å². The van der Waals surface area contributed by atoms with E-state index >= 15 is 0 Å². The van der Waals surface area contributed by atoms with Crippen LogP contribution >= 0.6 is 42.5 Å². The molecule has 0 spiro atoms. The molecule has 0 unspecified atom stereocenters. The first-order valence-corrected chi connectivity index (χ1v) is 15.1. The summed E-state index contributed by atoms with van der Waals surface area (Å²) in [6, 6.07) is 7.10. The van der Waals surface area contributed by atoms with Crippen LogP contribution in [0.4, 0.5) is 0 Å². The van der Waals surface area contributed by atoms with Gasteiger partial charge < -0.3 is 0 Å². The standard InChI is InChI=1S/C12H14BrN3O2S.C7H4BrClN2O2S/c13-10-4-5-11-14-8-12(16(11)9-10)19(17,18)15-6-2-1-3-7-15;8-5-1-2-6-10-3-7(11(6)4-5)14(9,12)13/h4-5,8-9H,1-3,6-7H2;1-4H. The number of hydrogen-bond acceptors (Lipinski definition) is 6. The van der Waals surface area contributed by atoms with Gasteiger partial charge in [-0.3, -0.25) is 8.80 Å². The van der Waals surface area contributed by atoms with Crippen molar-refractivity contribution in [2.24, 2.45) is 0 Å². The molecule has 0 bridgehead atoms. The summed E-state index contributed by atoms with van der Waals surface area (Å²) >= 11 is 6.59. The highest BCUT2D eigenvalue weighted by atomic mass is 79.9. The molecule has 0 N–H and O–H groups in total. The summed E-state index contributed by atoms with van der Waals surface area (Å²) in [7, 11) is -1.97. The fourth-order valence-electron chi connectivity index (χ4n) is 3.47. The minimum Gasteiger partial charge on any atom is -0.288 e. The van der Waals surface area contributed by atoms with Crippen molar-refractivity contribution in [3.05, 3.63) is 58.0 Å². The van der Waals surface area contributed by atoms with Crippen molar-refractivity contribution in [3.8, 4) is 0 Å². The van der Waals surface area contributed by atoms with Gasteiger partial charge in [0, 0.05) is 45.1 Å². The number of pyridine rings is 2. The Morgan fingerprint density at radius 3 is 1.76 bits per heavy atom. The summed E-state index contributed by atoms with van der Waals surface area (Å²) < 4.78 is 53.6. The summed E-state index contributed by atoms with van der Waals surface area (Å²) in [6.07, 6.45) is 8.95. The van der Waals surface area contributed by atoms with Crippen LogP contribution in [0.2, 0.25) is 0 Å². The van der Waals surface area contributed by atoms with Gasteiger partial charge in [0.2, 0.25) is 0 Å². The molecule has 0 aromatic carbocycles. The molecule has 0 amide bonds. The Balaban J connectivity index is 0.000000165. The molecule has 0 atom stereocenters. The normalized spacial score (nSPS) is 15.5. The maximum absolute atomic E-state index is 12.6. The smallest absolute Gasteiger partial charge is 0.278 e. The number of nitrogens with zero attached hydrogens (tertiary/aromatic N) is 5. The van der Waals surface area contributed by atoms with Crippen LogP contribution in [0.25, 0.3) is 11.3 Å². The van der Waals surface area contributed by atoms with E-state index in [9.17, 15) is 16.8 Å². The number of fused-ring (bicyclic) bond motifs is 2. The van der Waals surface area contributed by atoms with Crippen molar-refractivity contribution in [2.45, 2.75) is 29.3 Å². The summed E-state index contributed by atoms with van der Waals surface area (Å²) in [4.78, 5) is 8.06. The number of piperidine rings is 1. The largest absolute Gasteiger partial charge is 0.288 e. The lowest BCUT2D eigenvalue weighted by Gasteiger charge is -2.25. The van der Waals surface area contributed by atoms with E-state index in [2.05, 4.69) is 41.8 Å². The second-order valence-corrected chi connectivity index (χ2v) is 13.5. The highest BCUT2D eigenvalue weighted by Crippen LogP contribution is 2.23. The van der Waals surface area contributed by atoms with E-state index in [1.807, 2.05) is 6.07 Å². The summed E-state index contributed by atoms with van der Waals surface area (Å²) in [5.74, 6) is 0. The Hall–Kier alpha value is -1.51. The number of hydrogen-bond donors (Lipinski definition) is 0. The Bertz CT molecular complexity index is 1530. The van der Waals surface area contributed by atoms with Crippen molar-refractivity contribution in [1.29, 1.82) is 0 Å². The minimum atomic E-state index is -3.75. The molecule has 1 fully saturated rings. The molecule has 4 aromatic heterocycles. The molecule has 176 valence electrons. The highest BCUT2D eigenvalue weighted by Gasteiger charge is 2.28. The predicted molar refractivity (Wildman–Crippen MR) is 131 cm³/mol. The van der Waals surface area contributed by atoms with Crippen LogP contribution in [0.3, 0.4) is 0 Å². The van der Waals surface area contributed by atoms with E-state index in [0.717, 1.165) is 28.2 Å². The van der Waals surface area contributed by atoms with E-state index in [0.29, 0.717) is 24.4 Å².